The van der Waals surface area contributed by atoms with Crippen LogP contribution in [0.25, 0.3) is 0 Å². The molecule has 99 heavy (non-hydrogen) atoms. The highest BCUT2D eigenvalue weighted by molar-refractivity contribution is 5.76. The maximum atomic E-state index is 13.4. The summed E-state index contributed by atoms with van der Waals surface area (Å²) in [4.78, 5) is 13.4. The summed E-state index contributed by atoms with van der Waals surface area (Å²) < 4.78 is 22.9. The van der Waals surface area contributed by atoms with Gasteiger partial charge in [0, 0.05) is 6.42 Å². The summed E-state index contributed by atoms with van der Waals surface area (Å²) in [5.41, 5.74) is 0. The van der Waals surface area contributed by atoms with Crippen LogP contribution in [0.2, 0.25) is 0 Å². The molecule has 2 aliphatic rings. The number of unbranched alkanes of at least 4 members (excludes halogenated alkanes) is 53. The van der Waals surface area contributed by atoms with Crippen molar-refractivity contribution in [3.8, 4) is 0 Å². The number of amides is 1. The van der Waals surface area contributed by atoms with Gasteiger partial charge in [0.1, 0.15) is 48.8 Å². The Morgan fingerprint density at radius 1 is 0.364 bits per heavy atom. The first-order chi connectivity index (χ1) is 48.6. The monoisotopic (exact) mass is 1400 g/mol. The summed E-state index contributed by atoms with van der Waals surface area (Å²) in [6.07, 6.45) is 76.5. The van der Waals surface area contributed by atoms with Crippen LogP contribution in [0.3, 0.4) is 0 Å². The van der Waals surface area contributed by atoms with Gasteiger partial charge in [-0.1, -0.05) is 371 Å². The number of hydrogen-bond donors (Lipinski definition) is 9. The minimum Gasteiger partial charge on any atom is -0.394 e. The van der Waals surface area contributed by atoms with Crippen molar-refractivity contribution >= 4 is 5.91 Å². The summed E-state index contributed by atoms with van der Waals surface area (Å²) in [6.45, 7) is 2.84. The van der Waals surface area contributed by atoms with Gasteiger partial charge in [0.2, 0.25) is 5.91 Å². The third-order valence-electron chi connectivity index (χ3n) is 20.7. The maximum Gasteiger partial charge on any atom is 0.220 e. The molecule has 0 saturated carbocycles. The molecule has 0 aromatic rings. The first-order valence-electron chi connectivity index (χ1n) is 42.4. The Balaban J connectivity index is 1.59. The van der Waals surface area contributed by atoms with Gasteiger partial charge in [0.05, 0.1) is 32.0 Å². The lowest BCUT2D eigenvalue weighted by molar-refractivity contribution is -0.359. The zero-order chi connectivity index (χ0) is 71.5. The van der Waals surface area contributed by atoms with Gasteiger partial charge in [-0.25, -0.2) is 0 Å². The summed E-state index contributed by atoms with van der Waals surface area (Å²) in [6, 6.07) is -0.933. The lowest BCUT2D eigenvalue weighted by Gasteiger charge is -2.46. The van der Waals surface area contributed by atoms with Crippen molar-refractivity contribution < 1.29 is 64.6 Å². The molecule has 0 aliphatic carbocycles. The largest absolute Gasteiger partial charge is 0.394 e. The van der Waals surface area contributed by atoms with E-state index in [4.69, 9.17) is 18.9 Å². The number of rotatable bonds is 72. The molecule has 2 fully saturated rings. The second kappa shape index (κ2) is 69.0. The second-order valence-electron chi connectivity index (χ2n) is 30.0. The first kappa shape index (κ1) is 93.0. The normalized spacial score (nSPS) is 22.1. The molecule has 0 bridgehead atoms. The highest BCUT2D eigenvalue weighted by atomic mass is 16.7. The Bertz CT molecular complexity index is 1850. The Labute approximate surface area is 607 Å². The molecule has 0 radical (unpaired) electrons. The molecule has 0 spiro atoms. The Kier molecular flexibility index (Phi) is 64.9. The highest BCUT2D eigenvalue weighted by Crippen LogP contribution is 2.30. The van der Waals surface area contributed by atoms with Crippen LogP contribution in [0, 0.1) is 0 Å². The number of nitrogens with one attached hydrogen (secondary N) is 1. The number of ether oxygens (including phenoxy) is 4. The van der Waals surface area contributed by atoms with Crippen LogP contribution in [0.15, 0.2) is 48.6 Å². The van der Waals surface area contributed by atoms with Gasteiger partial charge in [0.25, 0.3) is 0 Å². The van der Waals surface area contributed by atoms with Crippen LogP contribution in [0.5, 0.6) is 0 Å². The SMILES string of the molecule is CCCCCCC/C=C\C/C=C\CCCCCCCCCCCCCCCCCCCCCCCCCCCC(=O)NC(COC1OC(CO)C(OC2OC(CO)C(O)C(O)C2O)C(O)C1O)C(O)/C=C/CC/C=C/CCCCCCCCCCCCCCCCCCCCCCCC. The third-order valence-corrected chi connectivity index (χ3v) is 20.7. The number of hydrogen-bond acceptors (Lipinski definition) is 13. The minimum absolute atomic E-state index is 0.241. The van der Waals surface area contributed by atoms with Crippen LogP contribution < -0.4 is 5.32 Å². The lowest BCUT2D eigenvalue weighted by atomic mass is 9.97. The maximum absolute atomic E-state index is 13.4. The molecule has 0 aromatic heterocycles. The van der Waals surface area contributed by atoms with Crippen LogP contribution in [-0.2, 0) is 23.7 Å². The molecular weight excluding hydrogens is 1240 g/mol. The fourth-order valence-corrected chi connectivity index (χ4v) is 14.1. The minimum atomic E-state index is -1.79. The predicted molar refractivity (Wildman–Crippen MR) is 411 cm³/mol. The van der Waals surface area contributed by atoms with Crippen molar-refractivity contribution in [1.82, 2.24) is 5.32 Å². The van der Waals surface area contributed by atoms with E-state index in [1.807, 2.05) is 6.08 Å². The molecule has 2 saturated heterocycles. The molecule has 2 rings (SSSR count). The average molecular weight is 1400 g/mol. The molecule has 582 valence electrons. The fourth-order valence-electron chi connectivity index (χ4n) is 14.1. The molecule has 0 aromatic carbocycles. The fraction of sp³-hybridized carbons (Fsp3) is 0.894. The molecular formula is C85H159NO13. The molecule has 2 aliphatic heterocycles. The molecule has 9 N–H and O–H groups in total. The first-order valence-corrected chi connectivity index (χ1v) is 42.4. The molecule has 12 unspecified atom stereocenters. The zero-order valence-corrected chi connectivity index (χ0v) is 64.0. The molecule has 14 nitrogen and oxygen atoms in total. The smallest absolute Gasteiger partial charge is 0.220 e. The van der Waals surface area contributed by atoms with Gasteiger partial charge in [0.15, 0.2) is 12.6 Å². The quantitative estimate of drug-likeness (QED) is 0.0204. The Morgan fingerprint density at radius 2 is 0.677 bits per heavy atom. The van der Waals surface area contributed by atoms with E-state index in [2.05, 4.69) is 55.6 Å². The van der Waals surface area contributed by atoms with Crippen LogP contribution in [-0.4, -0.2) is 140 Å². The van der Waals surface area contributed by atoms with Crippen molar-refractivity contribution in [2.75, 3.05) is 19.8 Å². The number of aliphatic hydroxyl groups excluding tert-OH is 8. The lowest BCUT2D eigenvalue weighted by Crippen LogP contribution is -2.65. The van der Waals surface area contributed by atoms with Crippen molar-refractivity contribution in [1.29, 1.82) is 0 Å². The number of carbonyl (C=O) groups is 1. The van der Waals surface area contributed by atoms with Crippen molar-refractivity contribution in [2.45, 2.75) is 466 Å². The van der Waals surface area contributed by atoms with Crippen molar-refractivity contribution in [3.05, 3.63) is 48.6 Å². The van der Waals surface area contributed by atoms with E-state index in [0.717, 1.165) is 38.5 Å². The molecule has 14 heteroatoms. The van der Waals surface area contributed by atoms with Crippen LogP contribution in [0.4, 0.5) is 0 Å². The summed E-state index contributed by atoms with van der Waals surface area (Å²) in [7, 11) is 0. The predicted octanol–water partition coefficient (Wildman–Crippen LogP) is 19.8. The Morgan fingerprint density at radius 3 is 1.05 bits per heavy atom. The second-order valence-corrected chi connectivity index (χ2v) is 30.0. The van der Waals surface area contributed by atoms with E-state index in [1.54, 1.807) is 6.08 Å². The van der Waals surface area contributed by atoms with E-state index < -0.39 is 86.8 Å². The van der Waals surface area contributed by atoms with Gasteiger partial charge in [-0.15, -0.1) is 0 Å². The third kappa shape index (κ3) is 51.7. The molecule has 2 heterocycles. The summed E-state index contributed by atoms with van der Waals surface area (Å²) in [5, 5.41) is 87.7. The van der Waals surface area contributed by atoms with Gasteiger partial charge in [-0.2, -0.15) is 0 Å². The van der Waals surface area contributed by atoms with Gasteiger partial charge in [-0.05, 0) is 64.2 Å². The van der Waals surface area contributed by atoms with Crippen molar-refractivity contribution in [2.24, 2.45) is 0 Å². The van der Waals surface area contributed by atoms with E-state index in [0.29, 0.717) is 12.8 Å². The number of carbonyl (C=O) groups excluding carboxylic acids is 1. The van der Waals surface area contributed by atoms with Crippen LogP contribution in [0.1, 0.15) is 393 Å². The van der Waals surface area contributed by atoms with E-state index in [-0.39, 0.29) is 18.9 Å². The van der Waals surface area contributed by atoms with Crippen LogP contribution >= 0.6 is 0 Å². The highest BCUT2D eigenvalue weighted by Gasteiger charge is 2.51. The standard InChI is InChI=1S/C85H159NO13/c1-3-5-7-9-11-13-15-17-19-21-23-25-27-29-31-33-34-35-36-37-38-39-40-41-43-45-47-49-51-53-55-57-59-61-63-65-67-69-77(90)86-73(72-96-84-82(95)80(93)83(76(71-88)98-84)99-85-81(94)79(92)78(91)75(70-87)97-85)74(89)68-66-64-62-60-58-56-54-52-50-48-46-44-42-32-30-28-26-24-22-20-18-16-14-12-10-8-6-4-2/h15,17,21,23,58,60,66,68,73-76,78-85,87-89,91-95H,3-14,16,18-20,22,24-57,59,61-65,67,69-72H2,1-2H3,(H,86,90)/b17-15-,23-21-,60-58+,68-66+. The average Bonchev–Trinajstić information content (AvgIpc) is 0.793. The number of allylic oxidation sites excluding steroid dienone is 7. The van der Waals surface area contributed by atoms with Gasteiger partial charge >= 0.3 is 0 Å². The van der Waals surface area contributed by atoms with E-state index in [9.17, 15) is 45.6 Å². The Hall–Kier alpha value is -2.05. The van der Waals surface area contributed by atoms with Crippen molar-refractivity contribution in [3.63, 3.8) is 0 Å². The van der Waals surface area contributed by atoms with E-state index >= 15 is 0 Å². The molecule has 1 amide bonds. The van der Waals surface area contributed by atoms with Gasteiger partial charge < -0.3 is 65.1 Å². The van der Waals surface area contributed by atoms with Gasteiger partial charge in [-0.3, -0.25) is 4.79 Å². The molecule has 12 atom stereocenters. The number of aliphatic hydroxyl groups is 8. The zero-order valence-electron chi connectivity index (χ0n) is 64.0. The van der Waals surface area contributed by atoms with E-state index in [1.165, 1.54) is 321 Å². The topological polar surface area (TPSA) is 228 Å². The summed E-state index contributed by atoms with van der Waals surface area (Å²) >= 11 is 0. The summed E-state index contributed by atoms with van der Waals surface area (Å²) in [5.74, 6) is -0.241.